The van der Waals surface area contributed by atoms with Crippen molar-refractivity contribution in [3.05, 3.63) is 12.4 Å². The fraction of sp³-hybridized carbons (Fsp3) is 0.700. The summed E-state index contributed by atoms with van der Waals surface area (Å²) in [6.07, 6.45) is 3.08. The number of sulfonamides is 1. The predicted octanol–water partition coefficient (Wildman–Crippen LogP) is -0.421. The molecular formula is C10H19N3O4S. The second-order valence-corrected chi connectivity index (χ2v) is 5.68. The summed E-state index contributed by atoms with van der Waals surface area (Å²) in [5.74, 6) is 0. The highest BCUT2D eigenvalue weighted by molar-refractivity contribution is 7.89. The molecule has 0 aliphatic heterocycles. The molecule has 0 fully saturated rings. The third kappa shape index (κ3) is 4.37. The first kappa shape index (κ1) is 15.1. The Hall–Kier alpha value is -0.960. The van der Waals surface area contributed by atoms with E-state index in [9.17, 15) is 8.42 Å². The zero-order valence-electron chi connectivity index (χ0n) is 10.5. The van der Waals surface area contributed by atoms with Crippen molar-refractivity contribution in [2.75, 3.05) is 20.3 Å². The summed E-state index contributed by atoms with van der Waals surface area (Å²) in [6, 6.07) is 0. The normalized spacial score (nSPS) is 13.7. The number of hydrogen-bond acceptors (Lipinski definition) is 5. The summed E-state index contributed by atoms with van der Waals surface area (Å²) < 4.78 is 32.6. The van der Waals surface area contributed by atoms with Crippen LogP contribution in [0.25, 0.3) is 0 Å². The maximum atomic E-state index is 11.9. The minimum atomic E-state index is -3.55. The molecule has 104 valence electrons. The number of nitrogens with zero attached hydrogens (tertiary/aromatic N) is 2. The van der Waals surface area contributed by atoms with Gasteiger partial charge in [0.2, 0.25) is 10.0 Å². The lowest BCUT2D eigenvalue weighted by atomic mass is 10.4. The zero-order chi connectivity index (χ0) is 13.6. The maximum absolute atomic E-state index is 11.9. The lowest BCUT2D eigenvalue weighted by molar-refractivity contribution is 0.122. The van der Waals surface area contributed by atoms with Gasteiger partial charge in [-0.05, 0) is 13.3 Å². The van der Waals surface area contributed by atoms with Crippen LogP contribution in [-0.2, 0) is 21.3 Å². The molecule has 1 atom stereocenters. The standard InChI is InChI=1S/C10H19N3O4S/c1-9(17-2)6-12-18(15,16)10-7-11-13(8-10)4-3-5-14/h7-9,12,14H,3-6H2,1-2H3. The molecular weight excluding hydrogens is 258 g/mol. The van der Waals surface area contributed by atoms with Gasteiger partial charge in [0.05, 0.1) is 12.3 Å². The van der Waals surface area contributed by atoms with Gasteiger partial charge in [0.1, 0.15) is 4.90 Å². The number of aliphatic hydroxyl groups is 1. The van der Waals surface area contributed by atoms with Crippen molar-refractivity contribution in [1.29, 1.82) is 0 Å². The zero-order valence-corrected chi connectivity index (χ0v) is 11.4. The minimum Gasteiger partial charge on any atom is -0.396 e. The van der Waals surface area contributed by atoms with Gasteiger partial charge in [-0.2, -0.15) is 5.10 Å². The SMILES string of the molecule is COC(C)CNS(=O)(=O)c1cnn(CCCO)c1. The van der Waals surface area contributed by atoms with Crippen LogP contribution in [0.4, 0.5) is 0 Å². The molecule has 0 bridgehead atoms. The minimum absolute atomic E-state index is 0.0472. The van der Waals surface area contributed by atoms with E-state index in [0.29, 0.717) is 13.0 Å². The summed E-state index contributed by atoms with van der Waals surface area (Å²) in [4.78, 5) is 0.115. The van der Waals surface area contributed by atoms with Gasteiger partial charge >= 0.3 is 0 Å². The Morgan fingerprint density at radius 2 is 2.33 bits per heavy atom. The Balaban J connectivity index is 2.64. The number of aliphatic hydroxyl groups excluding tert-OH is 1. The Labute approximate surface area is 107 Å². The molecule has 2 N–H and O–H groups in total. The van der Waals surface area contributed by atoms with Crippen LogP contribution in [0.5, 0.6) is 0 Å². The number of methoxy groups -OCH3 is 1. The summed E-state index contributed by atoms with van der Waals surface area (Å²) in [6.45, 7) is 2.51. The van der Waals surface area contributed by atoms with Crippen molar-refractivity contribution in [2.24, 2.45) is 0 Å². The molecule has 0 aliphatic rings. The third-order valence-corrected chi connectivity index (χ3v) is 3.81. The van der Waals surface area contributed by atoms with E-state index >= 15 is 0 Å². The van der Waals surface area contributed by atoms with Crippen molar-refractivity contribution < 1.29 is 18.3 Å². The van der Waals surface area contributed by atoms with Gasteiger partial charge < -0.3 is 9.84 Å². The van der Waals surface area contributed by atoms with Gasteiger partial charge in [-0.25, -0.2) is 13.1 Å². The van der Waals surface area contributed by atoms with Crippen molar-refractivity contribution in [1.82, 2.24) is 14.5 Å². The molecule has 0 spiro atoms. The highest BCUT2D eigenvalue weighted by Crippen LogP contribution is 2.07. The molecule has 0 aromatic carbocycles. The lowest BCUT2D eigenvalue weighted by Crippen LogP contribution is -2.31. The molecule has 0 radical (unpaired) electrons. The van der Waals surface area contributed by atoms with Crippen LogP contribution in [0.3, 0.4) is 0 Å². The highest BCUT2D eigenvalue weighted by Gasteiger charge is 2.17. The second-order valence-electron chi connectivity index (χ2n) is 3.91. The molecule has 1 rings (SSSR count). The van der Waals surface area contributed by atoms with Crippen LogP contribution in [-0.4, -0.2) is 49.7 Å². The largest absolute Gasteiger partial charge is 0.396 e. The van der Waals surface area contributed by atoms with Crippen LogP contribution in [0.2, 0.25) is 0 Å². The number of nitrogens with one attached hydrogen (secondary N) is 1. The predicted molar refractivity (Wildman–Crippen MR) is 65.6 cm³/mol. The molecule has 7 nitrogen and oxygen atoms in total. The fourth-order valence-corrected chi connectivity index (χ4v) is 2.30. The van der Waals surface area contributed by atoms with Crippen LogP contribution in [0.15, 0.2) is 17.3 Å². The Bertz CT molecular complexity index is 457. The van der Waals surface area contributed by atoms with E-state index in [-0.39, 0.29) is 24.2 Å². The van der Waals surface area contributed by atoms with E-state index in [1.807, 2.05) is 0 Å². The summed E-state index contributed by atoms with van der Waals surface area (Å²) in [7, 11) is -2.03. The van der Waals surface area contributed by atoms with Crippen LogP contribution in [0, 0.1) is 0 Å². The maximum Gasteiger partial charge on any atom is 0.243 e. The number of ether oxygens (including phenoxy) is 1. The molecule has 1 heterocycles. The number of rotatable bonds is 8. The molecule has 0 aliphatic carbocycles. The summed E-state index contributed by atoms with van der Waals surface area (Å²) in [5.41, 5.74) is 0. The first-order valence-corrected chi connectivity index (χ1v) is 7.13. The topological polar surface area (TPSA) is 93.5 Å². The monoisotopic (exact) mass is 277 g/mol. The van der Waals surface area contributed by atoms with E-state index in [4.69, 9.17) is 9.84 Å². The lowest BCUT2D eigenvalue weighted by Gasteiger charge is -2.10. The van der Waals surface area contributed by atoms with E-state index in [1.165, 1.54) is 24.2 Å². The first-order valence-electron chi connectivity index (χ1n) is 5.65. The number of aromatic nitrogens is 2. The third-order valence-electron chi connectivity index (χ3n) is 2.43. The van der Waals surface area contributed by atoms with Crippen molar-refractivity contribution >= 4 is 10.0 Å². The molecule has 1 unspecified atom stereocenters. The molecule has 0 saturated heterocycles. The van der Waals surface area contributed by atoms with E-state index in [1.54, 1.807) is 6.92 Å². The average Bonchev–Trinajstić information content (AvgIpc) is 2.83. The van der Waals surface area contributed by atoms with Crippen LogP contribution >= 0.6 is 0 Å². The van der Waals surface area contributed by atoms with Gasteiger partial charge in [-0.1, -0.05) is 0 Å². The van der Waals surface area contributed by atoms with Gasteiger partial charge in [0, 0.05) is 33.0 Å². The van der Waals surface area contributed by atoms with Crippen molar-refractivity contribution in [3.63, 3.8) is 0 Å². The first-order chi connectivity index (χ1) is 8.49. The van der Waals surface area contributed by atoms with E-state index < -0.39 is 10.0 Å². The molecule has 1 aromatic heterocycles. The van der Waals surface area contributed by atoms with Crippen LogP contribution in [0.1, 0.15) is 13.3 Å². The van der Waals surface area contributed by atoms with Crippen LogP contribution < -0.4 is 4.72 Å². The molecule has 0 saturated carbocycles. The van der Waals surface area contributed by atoms with Gasteiger partial charge in [0.25, 0.3) is 0 Å². The summed E-state index contributed by atoms with van der Waals surface area (Å²) in [5, 5.41) is 12.6. The molecule has 8 heteroatoms. The Morgan fingerprint density at radius 3 is 2.94 bits per heavy atom. The molecule has 1 aromatic rings. The Kier molecular flexibility index (Phi) is 5.73. The summed E-state index contributed by atoms with van der Waals surface area (Å²) >= 11 is 0. The second kappa shape index (κ2) is 6.83. The fourth-order valence-electron chi connectivity index (χ4n) is 1.23. The highest BCUT2D eigenvalue weighted by atomic mass is 32.2. The quantitative estimate of drug-likeness (QED) is 0.673. The van der Waals surface area contributed by atoms with Crippen molar-refractivity contribution in [3.8, 4) is 0 Å². The van der Waals surface area contributed by atoms with E-state index in [0.717, 1.165) is 0 Å². The molecule has 0 amide bonds. The van der Waals surface area contributed by atoms with Gasteiger partial charge in [-0.3, -0.25) is 4.68 Å². The van der Waals surface area contributed by atoms with Gasteiger partial charge in [-0.15, -0.1) is 0 Å². The van der Waals surface area contributed by atoms with Crippen molar-refractivity contribution in [2.45, 2.75) is 30.9 Å². The smallest absolute Gasteiger partial charge is 0.243 e. The van der Waals surface area contributed by atoms with Gasteiger partial charge in [0.15, 0.2) is 0 Å². The molecule has 18 heavy (non-hydrogen) atoms. The number of hydrogen-bond donors (Lipinski definition) is 2. The number of aryl methyl sites for hydroxylation is 1. The average molecular weight is 277 g/mol. The van der Waals surface area contributed by atoms with E-state index in [2.05, 4.69) is 9.82 Å². The Morgan fingerprint density at radius 1 is 1.61 bits per heavy atom.